The first-order valence-electron chi connectivity index (χ1n) is 8.99. The zero-order valence-corrected chi connectivity index (χ0v) is 16.7. The third-order valence-electron chi connectivity index (χ3n) is 4.10. The highest BCUT2D eigenvalue weighted by Crippen LogP contribution is 2.16. The van der Waals surface area contributed by atoms with Crippen molar-refractivity contribution in [3.63, 3.8) is 0 Å². The molecule has 0 bridgehead atoms. The third-order valence-corrected chi connectivity index (χ3v) is 4.10. The molecule has 0 aliphatic carbocycles. The lowest BCUT2D eigenvalue weighted by Gasteiger charge is -2.21. The van der Waals surface area contributed by atoms with Crippen LogP contribution in [0.15, 0.2) is 54.6 Å². The minimum atomic E-state index is -0.0487. The molecule has 0 aliphatic heterocycles. The van der Waals surface area contributed by atoms with Crippen LogP contribution < -0.4 is 16.0 Å². The van der Waals surface area contributed by atoms with Crippen LogP contribution in [0.3, 0.4) is 0 Å². The highest BCUT2D eigenvalue weighted by molar-refractivity contribution is 5.95. The number of likely N-dealkylation sites (N-methyl/N-ethyl adjacent to an activating group) is 1. The first-order chi connectivity index (χ1) is 12.5. The number of hydrogen-bond donors (Lipinski definition) is 2. The lowest BCUT2D eigenvalue weighted by molar-refractivity contribution is -0.118. The number of benzene rings is 2. The highest BCUT2D eigenvalue weighted by Gasteiger charge is 2.14. The van der Waals surface area contributed by atoms with Crippen molar-refractivity contribution in [1.82, 2.24) is 0 Å². The summed E-state index contributed by atoms with van der Waals surface area (Å²) in [4.78, 5) is 26.2. The monoisotopic (exact) mass is 389 g/mol. The summed E-state index contributed by atoms with van der Waals surface area (Å²) in [5, 5.41) is 2.85. The maximum absolute atomic E-state index is 12.6. The average molecular weight is 390 g/mol. The summed E-state index contributed by atoms with van der Waals surface area (Å²) in [7, 11) is 0. The minimum Gasteiger partial charge on any atom is -0.328 e. The molecule has 146 valence electrons. The fraction of sp³-hybridized carbons (Fsp3) is 0.333. The Kier molecular flexibility index (Phi) is 9.54. The van der Waals surface area contributed by atoms with Gasteiger partial charge in [0.15, 0.2) is 0 Å². The van der Waals surface area contributed by atoms with Crippen LogP contribution in [0.1, 0.15) is 32.3 Å². The van der Waals surface area contributed by atoms with E-state index in [9.17, 15) is 9.59 Å². The summed E-state index contributed by atoms with van der Waals surface area (Å²) in [6, 6.07) is 17.1. The zero-order chi connectivity index (χ0) is 18.9. The second kappa shape index (κ2) is 11.4. The van der Waals surface area contributed by atoms with Gasteiger partial charge in [0.25, 0.3) is 0 Å². The number of hydrogen-bond acceptors (Lipinski definition) is 3. The van der Waals surface area contributed by atoms with E-state index in [0.29, 0.717) is 25.8 Å². The summed E-state index contributed by atoms with van der Waals surface area (Å²) >= 11 is 0. The Hall–Kier alpha value is -2.37. The number of para-hydroxylation sites is 1. The molecule has 2 aromatic carbocycles. The summed E-state index contributed by atoms with van der Waals surface area (Å²) in [5.74, 6) is -0.000203. The molecule has 0 spiro atoms. The molecule has 0 saturated heterocycles. The normalized spacial score (nSPS) is 11.2. The summed E-state index contributed by atoms with van der Waals surface area (Å²) < 4.78 is 0. The molecule has 2 aromatic rings. The second-order valence-electron chi connectivity index (χ2n) is 6.41. The van der Waals surface area contributed by atoms with E-state index in [1.165, 1.54) is 0 Å². The molecule has 2 amide bonds. The number of nitrogens with zero attached hydrogens (tertiary/aromatic N) is 1. The Morgan fingerprint density at radius 2 is 1.70 bits per heavy atom. The van der Waals surface area contributed by atoms with Gasteiger partial charge in [0, 0.05) is 30.4 Å². The van der Waals surface area contributed by atoms with Gasteiger partial charge < -0.3 is 16.0 Å². The van der Waals surface area contributed by atoms with Crippen molar-refractivity contribution in [2.24, 2.45) is 5.73 Å². The van der Waals surface area contributed by atoms with Crippen molar-refractivity contribution in [3.8, 4) is 0 Å². The number of nitrogens with one attached hydrogen (secondary N) is 1. The summed E-state index contributed by atoms with van der Waals surface area (Å²) in [6.45, 7) is 4.47. The summed E-state index contributed by atoms with van der Waals surface area (Å²) in [6.07, 6.45) is 1.38. The number of rotatable bonds is 8. The zero-order valence-electron chi connectivity index (χ0n) is 15.9. The van der Waals surface area contributed by atoms with Crippen molar-refractivity contribution in [1.29, 1.82) is 0 Å². The van der Waals surface area contributed by atoms with Gasteiger partial charge in [-0.05, 0) is 50.1 Å². The Morgan fingerprint density at radius 3 is 2.26 bits per heavy atom. The molecular weight excluding hydrogens is 362 g/mol. The van der Waals surface area contributed by atoms with E-state index in [2.05, 4.69) is 5.32 Å². The van der Waals surface area contributed by atoms with Gasteiger partial charge in [-0.3, -0.25) is 9.59 Å². The Balaban J connectivity index is 0.00000364. The van der Waals surface area contributed by atoms with Crippen molar-refractivity contribution < 1.29 is 9.59 Å². The predicted molar refractivity (Wildman–Crippen MR) is 113 cm³/mol. The van der Waals surface area contributed by atoms with Crippen LogP contribution in [0.4, 0.5) is 11.4 Å². The molecule has 3 N–H and O–H groups in total. The van der Waals surface area contributed by atoms with Crippen LogP contribution in [0, 0.1) is 0 Å². The lowest BCUT2D eigenvalue weighted by atomic mass is 10.1. The van der Waals surface area contributed by atoms with Crippen LogP contribution in [0.25, 0.3) is 0 Å². The van der Waals surface area contributed by atoms with E-state index in [-0.39, 0.29) is 30.3 Å². The number of anilines is 2. The van der Waals surface area contributed by atoms with Gasteiger partial charge in [0.1, 0.15) is 0 Å². The maximum atomic E-state index is 12.6. The standard InChI is InChI=1S/C21H27N3O2.ClH/c1-3-24(19-7-5-4-6-8-19)21(26)15-17-10-12-18(13-11-17)23-20(25)14-9-16(2)22;/h4-8,10-13,16H,3,9,14-15,22H2,1-2H3,(H,23,25);1H. The molecule has 0 fully saturated rings. The second-order valence-corrected chi connectivity index (χ2v) is 6.41. The van der Waals surface area contributed by atoms with Gasteiger partial charge in [-0.15, -0.1) is 12.4 Å². The van der Waals surface area contributed by atoms with Crippen molar-refractivity contribution in [2.45, 2.75) is 39.2 Å². The van der Waals surface area contributed by atoms with Gasteiger partial charge in [-0.2, -0.15) is 0 Å². The number of carbonyl (C=O) groups excluding carboxylic acids is 2. The van der Waals surface area contributed by atoms with Crippen LogP contribution in [0.2, 0.25) is 0 Å². The Bertz CT molecular complexity index is 718. The van der Waals surface area contributed by atoms with Gasteiger partial charge in [0.2, 0.25) is 11.8 Å². The third kappa shape index (κ3) is 7.41. The molecule has 1 atom stereocenters. The maximum Gasteiger partial charge on any atom is 0.231 e. The van der Waals surface area contributed by atoms with E-state index in [4.69, 9.17) is 5.73 Å². The Labute approximate surface area is 167 Å². The first kappa shape index (κ1) is 22.7. The molecule has 0 aliphatic rings. The largest absolute Gasteiger partial charge is 0.328 e. The molecule has 27 heavy (non-hydrogen) atoms. The smallest absolute Gasteiger partial charge is 0.231 e. The first-order valence-corrected chi connectivity index (χ1v) is 8.99. The van der Waals surface area contributed by atoms with Crippen molar-refractivity contribution in [3.05, 3.63) is 60.2 Å². The molecule has 0 heterocycles. The lowest BCUT2D eigenvalue weighted by Crippen LogP contribution is -2.31. The highest BCUT2D eigenvalue weighted by atomic mass is 35.5. The quantitative estimate of drug-likeness (QED) is 0.721. The van der Waals surface area contributed by atoms with Gasteiger partial charge in [-0.25, -0.2) is 0 Å². The van der Waals surface area contributed by atoms with E-state index in [1.54, 1.807) is 4.90 Å². The molecule has 0 saturated carbocycles. The molecule has 1 unspecified atom stereocenters. The SMILES string of the molecule is CCN(C(=O)Cc1ccc(NC(=O)CCC(C)N)cc1)c1ccccc1.Cl. The number of halogens is 1. The van der Waals surface area contributed by atoms with Crippen LogP contribution in [-0.4, -0.2) is 24.4 Å². The molecule has 2 rings (SSSR count). The topological polar surface area (TPSA) is 75.4 Å². The van der Waals surface area contributed by atoms with Gasteiger partial charge >= 0.3 is 0 Å². The fourth-order valence-electron chi connectivity index (χ4n) is 2.67. The van der Waals surface area contributed by atoms with Crippen LogP contribution in [0.5, 0.6) is 0 Å². The van der Waals surface area contributed by atoms with Crippen LogP contribution >= 0.6 is 12.4 Å². The number of carbonyl (C=O) groups is 2. The van der Waals surface area contributed by atoms with E-state index in [0.717, 1.165) is 16.9 Å². The van der Waals surface area contributed by atoms with Crippen molar-refractivity contribution >= 4 is 35.6 Å². The van der Waals surface area contributed by atoms with E-state index < -0.39 is 0 Å². The van der Waals surface area contributed by atoms with Gasteiger partial charge in [0.05, 0.1) is 6.42 Å². The Morgan fingerprint density at radius 1 is 1.07 bits per heavy atom. The molecular formula is C21H28ClN3O2. The molecule has 6 heteroatoms. The number of amides is 2. The fourth-order valence-corrected chi connectivity index (χ4v) is 2.67. The minimum absolute atomic E-state index is 0. The predicted octanol–water partition coefficient (Wildman–Crippen LogP) is 3.77. The van der Waals surface area contributed by atoms with E-state index >= 15 is 0 Å². The molecule has 0 radical (unpaired) electrons. The van der Waals surface area contributed by atoms with E-state index in [1.807, 2.05) is 68.4 Å². The summed E-state index contributed by atoms with van der Waals surface area (Å²) in [5.41, 5.74) is 8.21. The average Bonchev–Trinajstić information content (AvgIpc) is 2.63. The number of nitrogens with two attached hydrogens (primary N) is 1. The van der Waals surface area contributed by atoms with Crippen molar-refractivity contribution in [2.75, 3.05) is 16.8 Å². The molecule has 0 aromatic heterocycles. The molecule has 5 nitrogen and oxygen atoms in total. The van der Waals surface area contributed by atoms with Gasteiger partial charge in [-0.1, -0.05) is 30.3 Å². The van der Waals surface area contributed by atoms with Crippen LogP contribution in [-0.2, 0) is 16.0 Å².